The Balaban J connectivity index is 1.46. The highest BCUT2D eigenvalue weighted by atomic mass is 19.4. The third-order valence-corrected chi connectivity index (χ3v) is 5.54. The fourth-order valence-electron chi connectivity index (χ4n) is 3.76. The van der Waals surface area contributed by atoms with Gasteiger partial charge in [-0.15, -0.1) is 0 Å². The standard InChI is InChI=1S/C23H19F6N3O2/c1-14-30-13-20(34-14)15-2-4-19(5-3-15)31-6-8-32(9-7-31)21(33)16-10-17(22(24,25)26)12-18(11-16)23(27,28)29/h2-5,10-13H,6-9H2,1H3. The summed E-state index contributed by atoms with van der Waals surface area (Å²) >= 11 is 0. The van der Waals surface area contributed by atoms with Gasteiger partial charge >= 0.3 is 12.4 Å². The molecule has 0 saturated carbocycles. The minimum Gasteiger partial charge on any atom is -0.441 e. The predicted octanol–water partition coefficient (Wildman–Crippen LogP) is 5.65. The highest BCUT2D eigenvalue weighted by Gasteiger charge is 2.38. The van der Waals surface area contributed by atoms with Gasteiger partial charge in [-0.3, -0.25) is 4.79 Å². The molecule has 1 amide bonds. The number of rotatable bonds is 3. The van der Waals surface area contributed by atoms with E-state index in [1.807, 2.05) is 29.2 Å². The van der Waals surface area contributed by atoms with Crippen LogP contribution in [0.25, 0.3) is 11.3 Å². The molecule has 11 heteroatoms. The molecule has 0 spiro atoms. The van der Waals surface area contributed by atoms with Gasteiger partial charge in [0.1, 0.15) is 0 Å². The van der Waals surface area contributed by atoms with Crippen molar-refractivity contribution in [1.82, 2.24) is 9.88 Å². The number of alkyl halides is 6. The molecule has 0 radical (unpaired) electrons. The van der Waals surface area contributed by atoms with Crippen LogP contribution in [0.5, 0.6) is 0 Å². The lowest BCUT2D eigenvalue weighted by molar-refractivity contribution is -0.143. The van der Waals surface area contributed by atoms with Gasteiger partial charge < -0.3 is 14.2 Å². The first-order valence-corrected chi connectivity index (χ1v) is 10.3. The van der Waals surface area contributed by atoms with Crippen LogP contribution in [0.2, 0.25) is 0 Å². The van der Waals surface area contributed by atoms with Crippen molar-refractivity contribution in [1.29, 1.82) is 0 Å². The number of nitrogens with zero attached hydrogens (tertiary/aromatic N) is 3. The Labute approximate surface area is 190 Å². The molecule has 34 heavy (non-hydrogen) atoms. The minimum atomic E-state index is -5.01. The van der Waals surface area contributed by atoms with E-state index >= 15 is 0 Å². The van der Waals surface area contributed by atoms with Gasteiger partial charge in [-0.25, -0.2) is 4.98 Å². The summed E-state index contributed by atoms with van der Waals surface area (Å²) in [5, 5.41) is 0. The van der Waals surface area contributed by atoms with E-state index in [2.05, 4.69) is 4.98 Å². The Morgan fingerprint density at radius 1 is 0.882 bits per heavy atom. The second-order valence-electron chi connectivity index (χ2n) is 7.86. The Kier molecular flexibility index (Phi) is 6.05. The van der Waals surface area contributed by atoms with Gasteiger partial charge in [-0.2, -0.15) is 26.3 Å². The molecule has 3 aromatic rings. The van der Waals surface area contributed by atoms with Crippen molar-refractivity contribution in [2.45, 2.75) is 19.3 Å². The van der Waals surface area contributed by atoms with E-state index < -0.39 is 35.0 Å². The first-order valence-electron chi connectivity index (χ1n) is 10.3. The van der Waals surface area contributed by atoms with Crippen LogP contribution in [0, 0.1) is 6.92 Å². The zero-order chi connectivity index (χ0) is 24.7. The maximum Gasteiger partial charge on any atom is 0.416 e. The van der Waals surface area contributed by atoms with Crippen LogP contribution in [0.3, 0.4) is 0 Å². The summed E-state index contributed by atoms with van der Waals surface area (Å²) in [6.45, 7) is 2.79. The molecule has 4 rings (SSSR count). The van der Waals surface area contributed by atoms with Gasteiger partial charge in [0, 0.05) is 49.9 Å². The van der Waals surface area contributed by atoms with Gasteiger partial charge in [-0.05, 0) is 42.5 Å². The van der Waals surface area contributed by atoms with Crippen molar-refractivity contribution in [3.63, 3.8) is 0 Å². The van der Waals surface area contributed by atoms with Crippen molar-refractivity contribution in [3.8, 4) is 11.3 Å². The van der Waals surface area contributed by atoms with Gasteiger partial charge in [0.05, 0.1) is 17.3 Å². The SMILES string of the molecule is Cc1ncc(-c2ccc(N3CCN(C(=O)c4cc(C(F)(F)F)cc(C(F)(F)F)c4)CC3)cc2)o1. The van der Waals surface area contributed by atoms with Crippen LogP contribution >= 0.6 is 0 Å². The maximum atomic E-state index is 13.1. The smallest absolute Gasteiger partial charge is 0.416 e. The molecule has 0 N–H and O–H groups in total. The maximum absolute atomic E-state index is 13.1. The van der Waals surface area contributed by atoms with Crippen molar-refractivity contribution in [2.75, 3.05) is 31.1 Å². The molecule has 0 unspecified atom stereocenters. The van der Waals surface area contributed by atoms with E-state index in [0.717, 1.165) is 11.3 Å². The molecule has 0 atom stereocenters. The van der Waals surface area contributed by atoms with Crippen molar-refractivity contribution >= 4 is 11.6 Å². The quantitative estimate of drug-likeness (QED) is 0.452. The number of piperazine rings is 1. The number of carbonyl (C=O) groups is 1. The lowest BCUT2D eigenvalue weighted by Gasteiger charge is -2.36. The van der Waals surface area contributed by atoms with Crippen LogP contribution in [0.15, 0.2) is 53.1 Å². The Bertz CT molecular complexity index is 1140. The number of benzene rings is 2. The van der Waals surface area contributed by atoms with Crippen LogP contribution in [-0.4, -0.2) is 42.0 Å². The summed E-state index contributed by atoms with van der Waals surface area (Å²) in [5.74, 6) is 0.300. The summed E-state index contributed by atoms with van der Waals surface area (Å²) in [6.07, 6.45) is -8.40. The Hall–Kier alpha value is -3.50. The molecule has 5 nitrogen and oxygen atoms in total. The molecule has 180 valence electrons. The lowest BCUT2D eigenvalue weighted by atomic mass is 10.0. The summed E-state index contributed by atoms with van der Waals surface area (Å²) in [4.78, 5) is 20.1. The van der Waals surface area contributed by atoms with Crippen LogP contribution < -0.4 is 4.90 Å². The molecule has 1 aromatic heterocycles. The van der Waals surface area contributed by atoms with Crippen LogP contribution in [-0.2, 0) is 12.4 Å². The largest absolute Gasteiger partial charge is 0.441 e. The number of aromatic nitrogens is 1. The van der Waals surface area contributed by atoms with E-state index in [1.165, 1.54) is 4.90 Å². The molecule has 2 aromatic carbocycles. The second-order valence-corrected chi connectivity index (χ2v) is 7.86. The van der Waals surface area contributed by atoms with E-state index in [4.69, 9.17) is 4.42 Å². The van der Waals surface area contributed by atoms with Crippen LogP contribution in [0.1, 0.15) is 27.4 Å². The van der Waals surface area contributed by atoms with Crippen LogP contribution in [0.4, 0.5) is 32.0 Å². The number of hydrogen-bond donors (Lipinski definition) is 0. The first kappa shape index (κ1) is 23.7. The van der Waals surface area contributed by atoms with E-state index in [9.17, 15) is 31.1 Å². The number of oxazole rings is 1. The highest BCUT2D eigenvalue weighted by Crippen LogP contribution is 2.36. The summed E-state index contributed by atoms with van der Waals surface area (Å²) in [5.41, 5.74) is -1.95. The third-order valence-electron chi connectivity index (χ3n) is 5.54. The van der Waals surface area contributed by atoms with E-state index in [1.54, 1.807) is 13.1 Å². The van der Waals surface area contributed by atoms with E-state index in [-0.39, 0.29) is 19.2 Å². The molecule has 0 aliphatic carbocycles. The number of carbonyl (C=O) groups excluding carboxylic acids is 1. The van der Waals surface area contributed by atoms with E-state index in [0.29, 0.717) is 36.9 Å². The molecule has 2 heterocycles. The average Bonchev–Trinajstić information content (AvgIpc) is 3.23. The molecular weight excluding hydrogens is 464 g/mol. The molecule has 1 aliphatic heterocycles. The molecule has 1 aliphatic rings. The summed E-state index contributed by atoms with van der Waals surface area (Å²) in [7, 11) is 0. The number of hydrogen-bond acceptors (Lipinski definition) is 4. The highest BCUT2D eigenvalue weighted by molar-refractivity contribution is 5.95. The Morgan fingerprint density at radius 2 is 1.44 bits per heavy atom. The predicted molar refractivity (Wildman–Crippen MR) is 111 cm³/mol. The normalized spacial score (nSPS) is 15.0. The second kappa shape index (κ2) is 8.69. The zero-order valence-corrected chi connectivity index (χ0v) is 17.9. The molecular formula is C23H19F6N3O2. The van der Waals surface area contributed by atoms with Crippen molar-refractivity contribution < 1.29 is 35.6 Å². The lowest BCUT2D eigenvalue weighted by Crippen LogP contribution is -2.48. The topological polar surface area (TPSA) is 49.6 Å². The fourth-order valence-corrected chi connectivity index (χ4v) is 3.76. The third kappa shape index (κ3) is 5.02. The number of halogens is 6. The van der Waals surface area contributed by atoms with Gasteiger partial charge in [0.25, 0.3) is 5.91 Å². The fraction of sp³-hybridized carbons (Fsp3) is 0.304. The van der Waals surface area contributed by atoms with Gasteiger partial charge in [-0.1, -0.05) is 0 Å². The molecule has 1 saturated heterocycles. The zero-order valence-electron chi connectivity index (χ0n) is 17.9. The van der Waals surface area contributed by atoms with Gasteiger partial charge in [0.15, 0.2) is 11.7 Å². The van der Waals surface area contributed by atoms with Gasteiger partial charge in [0.2, 0.25) is 0 Å². The number of amides is 1. The minimum absolute atomic E-state index is 0.0124. The number of aryl methyl sites for hydroxylation is 1. The average molecular weight is 483 g/mol. The summed E-state index contributed by atoms with van der Waals surface area (Å²) in [6, 6.07) is 8.39. The number of anilines is 1. The van der Waals surface area contributed by atoms with Crippen molar-refractivity contribution in [3.05, 3.63) is 71.2 Å². The molecule has 1 fully saturated rings. The molecule has 0 bridgehead atoms. The summed E-state index contributed by atoms with van der Waals surface area (Å²) < 4.78 is 84.1. The Morgan fingerprint density at radius 3 is 1.91 bits per heavy atom. The first-order chi connectivity index (χ1) is 15.9. The van der Waals surface area contributed by atoms with Crippen molar-refractivity contribution in [2.24, 2.45) is 0 Å². The monoisotopic (exact) mass is 483 g/mol.